The topological polar surface area (TPSA) is 60.2 Å². The van der Waals surface area contributed by atoms with Gasteiger partial charge in [0.15, 0.2) is 5.78 Å². The standard InChI is InChI=1S/C22H17ClN4OS/c23-17-8-4-5-14(9-17)13-29-22-25-21-24-19-10-16(15-6-2-1-3-7-15)11-20(28)18(19)12-27(21)26-22/h1-9,12,16H,10-11,13H2/t16-/m1/s1. The molecule has 1 atom stereocenters. The van der Waals surface area contributed by atoms with E-state index < -0.39 is 0 Å². The maximum atomic E-state index is 12.7. The molecule has 29 heavy (non-hydrogen) atoms. The predicted octanol–water partition coefficient (Wildman–Crippen LogP) is 4.98. The summed E-state index contributed by atoms with van der Waals surface area (Å²) >= 11 is 7.57. The molecule has 1 aliphatic carbocycles. The highest BCUT2D eigenvalue weighted by atomic mass is 35.5. The van der Waals surface area contributed by atoms with E-state index >= 15 is 0 Å². The minimum absolute atomic E-state index is 0.109. The Morgan fingerprint density at radius 2 is 1.93 bits per heavy atom. The minimum Gasteiger partial charge on any atom is -0.294 e. The molecule has 0 spiro atoms. The van der Waals surface area contributed by atoms with Crippen molar-refractivity contribution in [2.24, 2.45) is 0 Å². The smallest absolute Gasteiger partial charge is 0.253 e. The van der Waals surface area contributed by atoms with Gasteiger partial charge in [0.1, 0.15) is 0 Å². The molecule has 1 aliphatic rings. The fourth-order valence-electron chi connectivity index (χ4n) is 3.66. The molecule has 4 aromatic rings. The van der Waals surface area contributed by atoms with Gasteiger partial charge < -0.3 is 0 Å². The number of halogens is 1. The van der Waals surface area contributed by atoms with Crippen LogP contribution in [0.2, 0.25) is 5.02 Å². The number of aromatic nitrogens is 4. The summed E-state index contributed by atoms with van der Waals surface area (Å²) in [6, 6.07) is 17.9. The first-order valence-corrected chi connectivity index (χ1v) is 10.7. The first-order chi connectivity index (χ1) is 14.2. The summed E-state index contributed by atoms with van der Waals surface area (Å²) in [5.74, 6) is 1.51. The molecule has 2 heterocycles. The third-order valence-corrected chi connectivity index (χ3v) is 6.23. The summed E-state index contributed by atoms with van der Waals surface area (Å²) in [6.07, 6.45) is 3.01. The first kappa shape index (κ1) is 18.3. The molecular formula is C22H17ClN4OS. The van der Waals surface area contributed by atoms with Gasteiger partial charge in [-0.05, 0) is 35.6 Å². The van der Waals surface area contributed by atoms with E-state index in [-0.39, 0.29) is 11.7 Å². The van der Waals surface area contributed by atoms with Gasteiger partial charge in [-0.25, -0.2) is 9.50 Å². The molecule has 0 aliphatic heterocycles. The minimum atomic E-state index is 0.109. The lowest BCUT2D eigenvalue weighted by Gasteiger charge is -2.22. The number of hydrogen-bond donors (Lipinski definition) is 0. The van der Waals surface area contributed by atoms with Crippen LogP contribution in [0.4, 0.5) is 0 Å². The molecule has 0 saturated heterocycles. The van der Waals surface area contributed by atoms with E-state index in [0.717, 1.165) is 17.7 Å². The zero-order valence-corrected chi connectivity index (χ0v) is 17.0. The van der Waals surface area contributed by atoms with Crippen LogP contribution >= 0.6 is 23.4 Å². The highest BCUT2D eigenvalue weighted by Gasteiger charge is 2.28. The lowest BCUT2D eigenvalue weighted by atomic mass is 9.82. The molecule has 5 nitrogen and oxygen atoms in total. The SMILES string of the molecule is O=C1C[C@H](c2ccccc2)Cc2nc3nc(SCc4cccc(Cl)c4)nn3cc21. The van der Waals surface area contributed by atoms with Crippen molar-refractivity contribution >= 4 is 34.9 Å². The summed E-state index contributed by atoms with van der Waals surface area (Å²) in [4.78, 5) is 21.9. The van der Waals surface area contributed by atoms with Gasteiger partial charge in [0, 0.05) is 23.4 Å². The van der Waals surface area contributed by atoms with E-state index in [1.807, 2.05) is 42.5 Å². The lowest BCUT2D eigenvalue weighted by Crippen LogP contribution is -2.21. The van der Waals surface area contributed by atoms with Gasteiger partial charge in [-0.15, -0.1) is 5.10 Å². The highest BCUT2D eigenvalue weighted by molar-refractivity contribution is 7.98. The number of benzene rings is 2. The molecule has 5 rings (SSSR count). The van der Waals surface area contributed by atoms with Crippen LogP contribution in [0.1, 0.15) is 39.5 Å². The van der Waals surface area contributed by atoms with Crippen molar-refractivity contribution in [2.75, 3.05) is 0 Å². The van der Waals surface area contributed by atoms with Gasteiger partial charge in [-0.2, -0.15) is 4.98 Å². The number of thioether (sulfide) groups is 1. The number of Topliss-reactive ketones (excluding diaryl/α,β-unsaturated/α-hetero) is 1. The van der Waals surface area contributed by atoms with E-state index in [4.69, 9.17) is 11.6 Å². The third-order valence-electron chi connectivity index (χ3n) is 5.09. The van der Waals surface area contributed by atoms with Gasteiger partial charge in [0.25, 0.3) is 5.78 Å². The maximum absolute atomic E-state index is 12.7. The Hall–Kier alpha value is -2.70. The van der Waals surface area contributed by atoms with E-state index in [1.165, 1.54) is 17.3 Å². The molecule has 2 aromatic heterocycles. The molecule has 0 N–H and O–H groups in total. The van der Waals surface area contributed by atoms with Crippen molar-refractivity contribution in [3.8, 4) is 0 Å². The molecule has 0 radical (unpaired) electrons. The maximum Gasteiger partial charge on any atom is 0.253 e. The fourth-order valence-corrected chi connectivity index (χ4v) is 4.64. The largest absolute Gasteiger partial charge is 0.294 e. The van der Waals surface area contributed by atoms with Crippen molar-refractivity contribution in [3.63, 3.8) is 0 Å². The van der Waals surface area contributed by atoms with Crippen molar-refractivity contribution in [3.05, 3.63) is 88.2 Å². The Balaban J connectivity index is 1.41. The molecular weight excluding hydrogens is 404 g/mol. The average Bonchev–Trinajstić information content (AvgIpc) is 3.13. The number of hydrogen-bond acceptors (Lipinski definition) is 5. The van der Waals surface area contributed by atoms with Crippen LogP contribution in [-0.2, 0) is 12.2 Å². The van der Waals surface area contributed by atoms with Crippen LogP contribution in [0, 0.1) is 0 Å². The molecule has 0 amide bonds. The molecule has 2 aromatic carbocycles. The van der Waals surface area contributed by atoms with Crippen LogP contribution in [-0.4, -0.2) is 25.4 Å². The van der Waals surface area contributed by atoms with Gasteiger partial charge in [0.2, 0.25) is 5.16 Å². The second kappa shape index (κ2) is 7.61. The van der Waals surface area contributed by atoms with Crippen molar-refractivity contribution in [2.45, 2.75) is 29.7 Å². The third kappa shape index (κ3) is 3.78. The van der Waals surface area contributed by atoms with E-state index in [0.29, 0.717) is 33.7 Å². The summed E-state index contributed by atoms with van der Waals surface area (Å²) < 4.78 is 1.61. The van der Waals surface area contributed by atoms with Crippen LogP contribution in [0.3, 0.4) is 0 Å². The number of carbonyl (C=O) groups is 1. The van der Waals surface area contributed by atoms with Gasteiger partial charge in [0.05, 0.1) is 11.3 Å². The Morgan fingerprint density at radius 3 is 2.76 bits per heavy atom. The normalized spacial score (nSPS) is 16.2. The van der Waals surface area contributed by atoms with Crippen LogP contribution in [0.15, 0.2) is 66.0 Å². The van der Waals surface area contributed by atoms with Gasteiger partial charge in [-0.1, -0.05) is 65.8 Å². The number of carbonyl (C=O) groups excluding carboxylic acids is 1. The van der Waals surface area contributed by atoms with E-state index in [9.17, 15) is 4.79 Å². The zero-order valence-electron chi connectivity index (χ0n) is 15.5. The van der Waals surface area contributed by atoms with Crippen LogP contribution < -0.4 is 0 Å². The Labute approximate surface area is 177 Å². The first-order valence-electron chi connectivity index (χ1n) is 9.37. The van der Waals surface area contributed by atoms with Crippen molar-refractivity contribution < 1.29 is 4.79 Å². The van der Waals surface area contributed by atoms with Crippen LogP contribution in [0.5, 0.6) is 0 Å². The lowest BCUT2D eigenvalue weighted by molar-refractivity contribution is 0.0962. The summed E-state index contributed by atoms with van der Waals surface area (Å²) in [7, 11) is 0. The fraction of sp³-hybridized carbons (Fsp3) is 0.182. The van der Waals surface area contributed by atoms with E-state index in [2.05, 4.69) is 27.2 Å². The Bertz CT molecular complexity index is 1210. The number of nitrogens with zero attached hydrogens (tertiary/aromatic N) is 4. The molecule has 0 fully saturated rings. The zero-order chi connectivity index (χ0) is 19.8. The second-order valence-electron chi connectivity index (χ2n) is 7.10. The number of fused-ring (bicyclic) bond motifs is 2. The average molecular weight is 421 g/mol. The molecule has 0 unspecified atom stereocenters. The summed E-state index contributed by atoms with van der Waals surface area (Å²) in [5.41, 5.74) is 3.74. The van der Waals surface area contributed by atoms with Crippen LogP contribution in [0.25, 0.3) is 5.78 Å². The Kier molecular flexibility index (Phi) is 4.81. The second-order valence-corrected chi connectivity index (χ2v) is 8.48. The quantitative estimate of drug-likeness (QED) is 0.435. The number of ketones is 1. The highest BCUT2D eigenvalue weighted by Crippen LogP contribution is 2.32. The van der Waals surface area contributed by atoms with Crippen molar-refractivity contribution in [1.29, 1.82) is 0 Å². The molecule has 0 saturated carbocycles. The Morgan fingerprint density at radius 1 is 1.07 bits per heavy atom. The summed E-state index contributed by atoms with van der Waals surface area (Å²) in [6.45, 7) is 0. The molecule has 0 bridgehead atoms. The van der Waals surface area contributed by atoms with E-state index in [1.54, 1.807) is 10.7 Å². The summed E-state index contributed by atoms with van der Waals surface area (Å²) in [5, 5.41) is 5.84. The monoisotopic (exact) mass is 420 g/mol. The van der Waals surface area contributed by atoms with Gasteiger partial charge in [-0.3, -0.25) is 4.79 Å². The van der Waals surface area contributed by atoms with Crippen molar-refractivity contribution in [1.82, 2.24) is 19.6 Å². The molecule has 7 heteroatoms. The van der Waals surface area contributed by atoms with Gasteiger partial charge >= 0.3 is 0 Å². The predicted molar refractivity (Wildman–Crippen MR) is 114 cm³/mol. The molecule has 144 valence electrons. The number of rotatable bonds is 4.